The molecule has 0 bridgehead atoms. The summed E-state index contributed by atoms with van der Waals surface area (Å²) in [5, 5.41) is 4.69. The third kappa shape index (κ3) is 3.54. The minimum absolute atomic E-state index is 0.172. The number of carbonyl (C=O) groups is 1. The first-order chi connectivity index (χ1) is 13.1. The highest BCUT2D eigenvalue weighted by Crippen LogP contribution is 2.26. The molecule has 0 unspecified atom stereocenters. The maximum Gasteiger partial charge on any atom is 0.230 e. The topological polar surface area (TPSA) is 55.6 Å². The van der Waals surface area contributed by atoms with Crippen molar-refractivity contribution in [3.8, 4) is 17.0 Å². The van der Waals surface area contributed by atoms with Crippen LogP contribution in [0.1, 0.15) is 5.69 Å². The third-order valence-electron chi connectivity index (χ3n) is 4.13. The maximum absolute atomic E-state index is 13.3. The second-order valence-corrected chi connectivity index (χ2v) is 6.78. The number of ether oxygens (including phenoxy) is 1. The number of carbonyl (C=O) groups excluding carboxylic acids is 1. The van der Waals surface area contributed by atoms with Gasteiger partial charge >= 0.3 is 0 Å². The summed E-state index contributed by atoms with van der Waals surface area (Å²) in [6.45, 7) is 0. The molecule has 0 radical (unpaired) electrons. The van der Waals surface area contributed by atoms with E-state index < -0.39 is 5.82 Å². The lowest BCUT2D eigenvalue weighted by Gasteiger charge is -2.10. The summed E-state index contributed by atoms with van der Waals surface area (Å²) < 4.78 is 20.3. The zero-order valence-corrected chi connectivity index (χ0v) is 15.3. The van der Waals surface area contributed by atoms with Gasteiger partial charge in [-0.2, -0.15) is 0 Å². The lowest BCUT2D eigenvalue weighted by atomic mass is 10.2. The number of nitrogens with one attached hydrogen (secondary N) is 1. The Hall–Kier alpha value is -3.19. The van der Waals surface area contributed by atoms with Crippen molar-refractivity contribution < 1.29 is 13.9 Å². The first-order valence-corrected chi connectivity index (χ1v) is 9.16. The van der Waals surface area contributed by atoms with E-state index in [0.29, 0.717) is 5.69 Å². The van der Waals surface area contributed by atoms with Crippen LogP contribution >= 0.6 is 11.3 Å². The number of hydrogen-bond donors (Lipinski definition) is 1. The first-order valence-electron chi connectivity index (χ1n) is 8.28. The van der Waals surface area contributed by atoms with Crippen LogP contribution in [0, 0.1) is 5.82 Å². The Bertz CT molecular complexity index is 1110. The molecular weight excluding hydrogens is 365 g/mol. The molecule has 5 nitrogen and oxygen atoms in total. The fourth-order valence-corrected chi connectivity index (χ4v) is 3.70. The van der Waals surface area contributed by atoms with Crippen molar-refractivity contribution in [1.29, 1.82) is 0 Å². The molecule has 27 heavy (non-hydrogen) atoms. The van der Waals surface area contributed by atoms with E-state index in [4.69, 9.17) is 4.74 Å². The number of imidazole rings is 1. The summed E-state index contributed by atoms with van der Waals surface area (Å²) >= 11 is 1.48. The molecule has 1 amide bonds. The second-order valence-electron chi connectivity index (χ2n) is 5.94. The molecule has 0 fully saturated rings. The number of halogens is 1. The monoisotopic (exact) mass is 381 g/mol. The number of benzene rings is 2. The number of nitrogens with zero attached hydrogens (tertiary/aromatic N) is 2. The average molecular weight is 381 g/mol. The van der Waals surface area contributed by atoms with Crippen LogP contribution in [0.3, 0.4) is 0 Å². The molecule has 0 spiro atoms. The number of anilines is 1. The van der Waals surface area contributed by atoms with Crippen LogP contribution in [0.25, 0.3) is 16.2 Å². The van der Waals surface area contributed by atoms with Crippen molar-refractivity contribution in [1.82, 2.24) is 9.38 Å². The van der Waals surface area contributed by atoms with Gasteiger partial charge in [-0.1, -0.05) is 30.3 Å². The highest BCUT2D eigenvalue weighted by molar-refractivity contribution is 7.15. The van der Waals surface area contributed by atoms with E-state index in [0.717, 1.165) is 21.9 Å². The van der Waals surface area contributed by atoms with Crippen molar-refractivity contribution in [2.75, 3.05) is 12.4 Å². The van der Waals surface area contributed by atoms with Crippen LogP contribution in [0.5, 0.6) is 5.75 Å². The smallest absolute Gasteiger partial charge is 0.230 e. The van der Waals surface area contributed by atoms with Gasteiger partial charge in [-0.3, -0.25) is 9.20 Å². The molecule has 2 aromatic carbocycles. The quantitative estimate of drug-likeness (QED) is 0.558. The predicted octanol–water partition coefficient (Wildman–Crippen LogP) is 4.39. The maximum atomic E-state index is 13.3. The third-order valence-corrected chi connectivity index (χ3v) is 5.02. The molecule has 0 aliphatic heterocycles. The van der Waals surface area contributed by atoms with Gasteiger partial charge in [-0.05, 0) is 12.1 Å². The molecule has 0 saturated carbocycles. The summed E-state index contributed by atoms with van der Waals surface area (Å²) in [6.07, 6.45) is 2.10. The average Bonchev–Trinajstić information content (AvgIpc) is 3.26. The fourth-order valence-electron chi connectivity index (χ4n) is 2.83. The summed E-state index contributed by atoms with van der Waals surface area (Å²) in [6, 6.07) is 13.9. The minimum atomic E-state index is -0.420. The summed E-state index contributed by atoms with van der Waals surface area (Å²) in [5.74, 6) is -0.348. The van der Waals surface area contributed by atoms with E-state index in [1.807, 2.05) is 46.3 Å². The molecule has 0 saturated heterocycles. The van der Waals surface area contributed by atoms with Gasteiger partial charge < -0.3 is 10.1 Å². The number of thiazole rings is 1. The van der Waals surface area contributed by atoms with Crippen LogP contribution < -0.4 is 10.1 Å². The standard InChI is InChI=1S/C20H16FN3O2S/c1-26-18-9-14(21)7-8-16(18)22-19(25)10-15-12-27-20-23-17(11-24(15)20)13-5-3-2-4-6-13/h2-9,11-12H,10H2,1H3,(H,22,25). The zero-order chi connectivity index (χ0) is 18.8. The highest BCUT2D eigenvalue weighted by Gasteiger charge is 2.14. The molecular formula is C20H16FN3O2S. The summed E-state index contributed by atoms with van der Waals surface area (Å²) in [5.41, 5.74) is 3.17. The summed E-state index contributed by atoms with van der Waals surface area (Å²) in [7, 11) is 1.43. The van der Waals surface area contributed by atoms with Gasteiger partial charge in [0.05, 0.1) is 24.9 Å². The Morgan fingerprint density at radius 2 is 2.07 bits per heavy atom. The number of methoxy groups -OCH3 is 1. The molecule has 4 aromatic rings. The van der Waals surface area contributed by atoms with Crippen molar-refractivity contribution in [2.45, 2.75) is 6.42 Å². The van der Waals surface area contributed by atoms with Crippen LogP contribution in [0.2, 0.25) is 0 Å². The molecule has 2 aromatic heterocycles. The van der Waals surface area contributed by atoms with E-state index in [1.54, 1.807) is 0 Å². The van der Waals surface area contributed by atoms with Gasteiger partial charge in [0.15, 0.2) is 4.96 Å². The fraction of sp³-hybridized carbons (Fsp3) is 0.100. The molecule has 0 aliphatic carbocycles. The molecule has 0 aliphatic rings. The Morgan fingerprint density at radius 1 is 1.26 bits per heavy atom. The minimum Gasteiger partial charge on any atom is -0.494 e. The zero-order valence-electron chi connectivity index (χ0n) is 14.5. The van der Waals surface area contributed by atoms with Crippen LogP contribution in [-0.4, -0.2) is 22.4 Å². The normalized spacial score (nSPS) is 10.9. The van der Waals surface area contributed by atoms with Gasteiger partial charge in [-0.15, -0.1) is 11.3 Å². The van der Waals surface area contributed by atoms with E-state index >= 15 is 0 Å². The Kier molecular flexibility index (Phi) is 4.60. The molecule has 2 heterocycles. The molecule has 7 heteroatoms. The lowest BCUT2D eigenvalue weighted by molar-refractivity contribution is -0.115. The SMILES string of the molecule is COc1cc(F)ccc1NC(=O)Cc1csc2nc(-c3ccccc3)cn12. The van der Waals surface area contributed by atoms with Gasteiger partial charge in [-0.25, -0.2) is 9.37 Å². The number of fused-ring (bicyclic) bond motifs is 1. The Balaban J connectivity index is 1.55. The van der Waals surface area contributed by atoms with E-state index in [9.17, 15) is 9.18 Å². The molecule has 1 N–H and O–H groups in total. The van der Waals surface area contributed by atoms with E-state index in [2.05, 4.69) is 10.3 Å². The Morgan fingerprint density at radius 3 is 2.85 bits per heavy atom. The number of hydrogen-bond acceptors (Lipinski definition) is 4. The van der Waals surface area contributed by atoms with Gasteiger partial charge in [0.1, 0.15) is 11.6 Å². The van der Waals surface area contributed by atoms with Gasteiger partial charge in [0.2, 0.25) is 5.91 Å². The number of amides is 1. The molecule has 4 rings (SSSR count). The number of aromatic nitrogens is 2. The van der Waals surface area contributed by atoms with Crippen molar-refractivity contribution >= 4 is 27.9 Å². The van der Waals surface area contributed by atoms with Crippen LogP contribution in [0.4, 0.5) is 10.1 Å². The summed E-state index contributed by atoms with van der Waals surface area (Å²) in [4.78, 5) is 17.9. The van der Waals surface area contributed by atoms with Gasteiger partial charge in [0, 0.05) is 28.9 Å². The lowest BCUT2D eigenvalue weighted by Crippen LogP contribution is -2.16. The van der Waals surface area contributed by atoms with E-state index in [1.165, 1.54) is 36.6 Å². The highest BCUT2D eigenvalue weighted by atomic mass is 32.1. The predicted molar refractivity (Wildman–Crippen MR) is 104 cm³/mol. The second kappa shape index (κ2) is 7.20. The van der Waals surface area contributed by atoms with Crippen LogP contribution in [-0.2, 0) is 11.2 Å². The van der Waals surface area contributed by atoms with Crippen LogP contribution in [0.15, 0.2) is 60.1 Å². The largest absolute Gasteiger partial charge is 0.494 e. The first kappa shape index (κ1) is 17.2. The molecule has 0 atom stereocenters. The van der Waals surface area contributed by atoms with Crippen molar-refractivity contribution in [2.24, 2.45) is 0 Å². The number of rotatable bonds is 5. The van der Waals surface area contributed by atoms with Gasteiger partial charge in [0.25, 0.3) is 0 Å². The van der Waals surface area contributed by atoms with E-state index in [-0.39, 0.29) is 18.1 Å². The Labute approximate surface area is 159 Å². The molecule has 136 valence electrons. The van der Waals surface area contributed by atoms with Crippen molar-refractivity contribution in [3.63, 3.8) is 0 Å². The van der Waals surface area contributed by atoms with Crippen molar-refractivity contribution in [3.05, 3.63) is 71.6 Å².